The van der Waals surface area contributed by atoms with Crippen LogP contribution in [-0.2, 0) is 0 Å². The molecule has 2 aromatic carbocycles. The van der Waals surface area contributed by atoms with E-state index in [-0.39, 0.29) is 18.3 Å². The molecule has 2 amide bonds. The van der Waals surface area contributed by atoms with Crippen LogP contribution in [0.15, 0.2) is 60.8 Å². The van der Waals surface area contributed by atoms with E-state index >= 15 is 0 Å². The first-order valence-corrected chi connectivity index (χ1v) is 9.71. The van der Waals surface area contributed by atoms with Crippen LogP contribution in [0.2, 0.25) is 5.02 Å². The Bertz CT molecular complexity index is 1110. The predicted octanol–water partition coefficient (Wildman–Crippen LogP) is 3.90. The van der Waals surface area contributed by atoms with Gasteiger partial charge in [-0.05, 0) is 55.5 Å². The van der Waals surface area contributed by atoms with Gasteiger partial charge < -0.3 is 21.7 Å². The van der Waals surface area contributed by atoms with Gasteiger partial charge in [0.05, 0.1) is 22.8 Å². The van der Waals surface area contributed by atoms with Crippen LogP contribution in [0.25, 0.3) is 0 Å². The molecule has 1 heterocycles. The monoisotopic (exact) mass is 436 g/mol. The molecule has 0 aliphatic rings. The Balaban J connectivity index is 1.75. The zero-order chi connectivity index (χ0) is 22.4. The van der Waals surface area contributed by atoms with Gasteiger partial charge in [0.2, 0.25) is 0 Å². The van der Waals surface area contributed by atoms with Gasteiger partial charge in [0, 0.05) is 17.4 Å². The molecule has 8 nitrogen and oxygen atoms in total. The fraction of sp³-hybridized carbons (Fsp3) is 0.0909. The van der Waals surface area contributed by atoms with Crippen LogP contribution >= 0.6 is 11.6 Å². The van der Waals surface area contributed by atoms with Crippen LogP contribution < -0.4 is 21.7 Å². The summed E-state index contributed by atoms with van der Waals surface area (Å²) in [6, 6.07) is 15.1. The number of halogens is 1. The molecule has 0 fully saturated rings. The SMILES string of the molecule is Cc1ccc(NC(=O)c2ccc(NCC(=N)N)cc2)c(C(=O)Nc2ccc(Cl)cn2)c1. The second-order valence-corrected chi connectivity index (χ2v) is 7.21. The maximum atomic E-state index is 12.8. The second kappa shape index (κ2) is 9.73. The molecule has 0 saturated carbocycles. The van der Waals surface area contributed by atoms with E-state index in [9.17, 15) is 9.59 Å². The smallest absolute Gasteiger partial charge is 0.258 e. The first kappa shape index (κ1) is 21.8. The summed E-state index contributed by atoms with van der Waals surface area (Å²) in [4.78, 5) is 29.6. The molecule has 6 N–H and O–H groups in total. The Morgan fingerprint density at radius 3 is 2.42 bits per heavy atom. The van der Waals surface area contributed by atoms with E-state index in [4.69, 9.17) is 22.7 Å². The van der Waals surface area contributed by atoms with Gasteiger partial charge >= 0.3 is 0 Å². The van der Waals surface area contributed by atoms with Crippen molar-refractivity contribution >= 4 is 46.4 Å². The Morgan fingerprint density at radius 1 is 1.03 bits per heavy atom. The quantitative estimate of drug-likeness (QED) is 0.283. The lowest BCUT2D eigenvalue weighted by atomic mass is 10.1. The highest BCUT2D eigenvalue weighted by Crippen LogP contribution is 2.21. The molecule has 0 saturated heterocycles. The van der Waals surface area contributed by atoms with E-state index < -0.39 is 5.91 Å². The van der Waals surface area contributed by atoms with Crippen molar-refractivity contribution in [3.05, 3.63) is 82.5 Å². The van der Waals surface area contributed by atoms with Crippen molar-refractivity contribution < 1.29 is 9.59 Å². The Morgan fingerprint density at radius 2 is 1.77 bits per heavy atom. The van der Waals surface area contributed by atoms with E-state index in [2.05, 4.69) is 20.9 Å². The third-order valence-corrected chi connectivity index (χ3v) is 4.49. The molecule has 0 unspecified atom stereocenters. The Labute approximate surface area is 184 Å². The van der Waals surface area contributed by atoms with Crippen LogP contribution in [0.1, 0.15) is 26.3 Å². The molecule has 3 rings (SSSR count). The average Bonchev–Trinajstić information content (AvgIpc) is 2.75. The maximum absolute atomic E-state index is 12.8. The topological polar surface area (TPSA) is 133 Å². The fourth-order valence-corrected chi connectivity index (χ4v) is 2.83. The van der Waals surface area contributed by atoms with Gasteiger partial charge in [-0.1, -0.05) is 23.2 Å². The number of hydrogen-bond donors (Lipinski definition) is 5. The fourth-order valence-electron chi connectivity index (χ4n) is 2.72. The Hall–Kier alpha value is -3.91. The number of aromatic nitrogens is 1. The van der Waals surface area contributed by atoms with Crippen LogP contribution in [0.5, 0.6) is 0 Å². The van der Waals surface area contributed by atoms with Gasteiger partial charge in [-0.3, -0.25) is 15.0 Å². The molecule has 0 spiro atoms. The molecule has 9 heteroatoms. The molecule has 31 heavy (non-hydrogen) atoms. The molecular formula is C22H21ClN6O2. The molecule has 1 aromatic heterocycles. The van der Waals surface area contributed by atoms with Gasteiger partial charge in [0.1, 0.15) is 11.7 Å². The number of nitrogens with zero attached hydrogens (tertiary/aromatic N) is 1. The van der Waals surface area contributed by atoms with Gasteiger partial charge in [-0.25, -0.2) is 4.98 Å². The summed E-state index contributed by atoms with van der Waals surface area (Å²) in [5.74, 6) is -0.402. The first-order chi connectivity index (χ1) is 14.8. The van der Waals surface area contributed by atoms with Crippen molar-refractivity contribution in [2.75, 3.05) is 22.5 Å². The number of nitrogens with two attached hydrogens (primary N) is 1. The van der Waals surface area contributed by atoms with E-state index in [0.29, 0.717) is 27.7 Å². The molecule has 158 valence electrons. The highest BCUT2D eigenvalue weighted by atomic mass is 35.5. The molecule has 0 atom stereocenters. The summed E-state index contributed by atoms with van der Waals surface area (Å²) in [6.07, 6.45) is 1.44. The number of anilines is 3. The van der Waals surface area contributed by atoms with Crippen molar-refractivity contribution in [2.45, 2.75) is 6.92 Å². The van der Waals surface area contributed by atoms with Crippen molar-refractivity contribution in [3.63, 3.8) is 0 Å². The van der Waals surface area contributed by atoms with Gasteiger partial charge in [0.25, 0.3) is 11.8 Å². The number of rotatable bonds is 7. The summed E-state index contributed by atoms with van der Waals surface area (Å²) in [5, 5.41) is 16.2. The summed E-state index contributed by atoms with van der Waals surface area (Å²) < 4.78 is 0. The van der Waals surface area contributed by atoms with Crippen molar-refractivity contribution in [1.82, 2.24) is 4.98 Å². The number of nitrogens with one attached hydrogen (secondary N) is 4. The Kier molecular flexibility index (Phi) is 6.84. The zero-order valence-electron chi connectivity index (χ0n) is 16.7. The number of pyridine rings is 1. The lowest BCUT2D eigenvalue weighted by molar-refractivity contribution is 0.102. The number of amides is 2. The second-order valence-electron chi connectivity index (χ2n) is 6.78. The minimum absolute atomic E-state index is 0.0146. The van der Waals surface area contributed by atoms with E-state index in [1.54, 1.807) is 48.5 Å². The van der Waals surface area contributed by atoms with Crippen LogP contribution in [0, 0.1) is 12.3 Å². The number of benzene rings is 2. The normalized spacial score (nSPS) is 10.3. The molecular weight excluding hydrogens is 416 g/mol. The highest BCUT2D eigenvalue weighted by Gasteiger charge is 2.16. The number of carbonyl (C=O) groups is 2. The first-order valence-electron chi connectivity index (χ1n) is 9.33. The molecule has 0 bridgehead atoms. The zero-order valence-corrected chi connectivity index (χ0v) is 17.5. The van der Waals surface area contributed by atoms with Crippen molar-refractivity contribution in [2.24, 2.45) is 5.73 Å². The van der Waals surface area contributed by atoms with Crippen molar-refractivity contribution in [1.29, 1.82) is 5.41 Å². The third-order valence-electron chi connectivity index (χ3n) is 4.27. The number of carbonyl (C=O) groups excluding carboxylic acids is 2. The lowest BCUT2D eigenvalue weighted by Crippen LogP contribution is -2.21. The summed E-state index contributed by atoms with van der Waals surface area (Å²) in [7, 11) is 0. The van der Waals surface area contributed by atoms with Crippen LogP contribution in [-0.4, -0.2) is 29.2 Å². The average molecular weight is 437 g/mol. The van der Waals surface area contributed by atoms with E-state index in [1.807, 2.05) is 13.0 Å². The maximum Gasteiger partial charge on any atom is 0.258 e. The summed E-state index contributed by atoms with van der Waals surface area (Å²) in [6.45, 7) is 2.07. The van der Waals surface area contributed by atoms with Gasteiger partial charge in [0.15, 0.2) is 0 Å². The number of aryl methyl sites for hydroxylation is 1. The van der Waals surface area contributed by atoms with E-state index in [1.165, 1.54) is 6.20 Å². The highest BCUT2D eigenvalue weighted by molar-refractivity contribution is 6.30. The lowest BCUT2D eigenvalue weighted by Gasteiger charge is -2.13. The molecule has 0 radical (unpaired) electrons. The molecule has 3 aromatic rings. The number of hydrogen-bond acceptors (Lipinski definition) is 5. The molecule has 0 aliphatic carbocycles. The summed E-state index contributed by atoms with van der Waals surface area (Å²) >= 11 is 5.83. The minimum atomic E-state index is -0.405. The summed E-state index contributed by atoms with van der Waals surface area (Å²) in [5.41, 5.74) is 8.03. The van der Waals surface area contributed by atoms with Crippen LogP contribution in [0.3, 0.4) is 0 Å². The standard InChI is InChI=1S/C22H21ClN6O2/c1-13-2-8-18(17(10-13)22(31)29-20-9-5-15(23)11-27-20)28-21(30)14-3-6-16(7-4-14)26-12-19(24)25/h2-11,26H,12H2,1H3,(H3,24,25)(H,28,30)(H,27,29,31). The number of amidine groups is 1. The largest absolute Gasteiger partial charge is 0.386 e. The van der Waals surface area contributed by atoms with Gasteiger partial charge in [-0.2, -0.15) is 0 Å². The third kappa shape index (κ3) is 6.03. The predicted molar refractivity (Wildman–Crippen MR) is 123 cm³/mol. The van der Waals surface area contributed by atoms with E-state index in [0.717, 1.165) is 11.3 Å². The van der Waals surface area contributed by atoms with Crippen LogP contribution in [0.4, 0.5) is 17.2 Å². The van der Waals surface area contributed by atoms with Gasteiger partial charge in [-0.15, -0.1) is 0 Å². The molecule has 0 aliphatic heterocycles. The minimum Gasteiger partial charge on any atom is -0.386 e. The van der Waals surface area contributed by atoms with Crippen molar-refractivity contribution in [3.8, 4) is 0 Å².